The van der Waals surface area contributed by atoms with E-state index in [1.54, 1.807) is 19.2 Å². The summed E-state index contributed by atoms with van der Waals surface area (Å²) >= 11 is 0. The molecule has 0 aliphatic rings. The van der Waals surface area contributed by atoms with Crippen LogP contribution in [0.3, 0.4) is 0 Å². The lowest BCUT2D eigenvalue weighted by molar-refractivity contribution is 0.121. The number of benzene rings is 1. The van der Waals surface area contributed by atoms with Crippen LogP contribution in [0.25, 0.3) is 0 Å². The van der Waals surface area contributed by atoms with E-state index in [0.717, 1.165) is 12.0 Å². The van der Waals surface area contributed by atoms with Crippen molar-refractivity contribution < 1.29 is 9.13 Å². The third-order valence-corrected chi connectivity index (χ3v) is 3.04. The van der Waals surface area contributed by atoms with Gasteiger partial charge in [0, 0.05) is 12.6 Å². The fourth-order valence-corrected chi connectivity index (χ4v) is 1.66. The fourth-order valence-electron chi connectivity index (χ4n) is 1.66. The van der Waals surface area contributed by atoms with Gasteiger partial charge in [-0.2, -0.15) is 0 Å². The normalized spacial score (nSPS) is 16.8. The van der Waals surface area contributed by atoms with E-state index in [-0.39, 0.29) is 17.3 Å². The Kier molecular flexibility index (Phi) is 4.44. The van der Waals surface area contributed by atoms with Crippen LogP contribution in [-0.4, -0.2) is 19.3 Å². The molecule has 0 saturated heterocycles. The molecule has 1 rings (SSSR count). The summed E-state index contributed by atoms with van der Waals surface area (Å²) < 4.78 is 17.9. The van der Waals surface area contributed by atoms with E-state index in [1.165, 1.54) is 12.1 Å². The highest BCUT2D eigenvalue weighted by Crippen LogP contribution is 2.20. The third-order valence-electron chi connectivity index (χ3n) is 3.04. The van der Waals surface area contributed by atoms with Gasteiger partial charge in [0.2, 0.25) is 0 Å². The zero-order chi connectivity index (χ0) is 12.2. The number of hydrogen-bond donors (Lipinski definition) is 1. The molecule has 0 aliphatic carbocycles. The number of rotatable bonds is 5. The molecule has 0 fully saturated rings. The van der Waals surface area contributed by atoms with Crippen LogP contribution < -0.4 is 5.73 Å². The maximum atomic E-state index is 12.7. The molecule has 0 spiro atoms. The molecule has 0 radical (unpaired) electrons. The molecule has 0 saturated carbocycles. The van der Waals surface area contributed by atoms with Crippen molar-refractivity contribution in [3.63, 3.8) is 0 Å². The van der Waals surface area contributed by atoms with Gasteiger partial charge < -0.3 is 10.5 Å². The third kappa shape index (κ3) is 3.58. The molecular weight excluding hydrogens is 205 g/mol. The predicted octanol–water partition coefficient (Wildman–Crippen LogP) is 2.37. The van der Waals surface area contributed by atoms with Gasteiger partial charge in [-0.1, -0.05) is 19.1 Å². The van der Waals surface area contributed by atoms with Crippen molar-refractivity contribution in [1.82, 2.24) is 0 Å². The van der Waals surface area contributed by atoms with E-state index in [2.05, 4.69) is 6.92 Å². The lowest BCUT2D eigenvalue weighted by Gasteiger charge is -2.31. The molecule has 0 aliphatic heterocycles. The van der Waals surface area contributed by atoms with E-state index in [1.807, 2.05) is 6.92 Å². The summed E-state index contributed by atoms with van der Waals surface area (Å²) in [5, 5.41) is 0. The van der Waals surface area contributed by atoms with Crippen LogP contribution in [0.4, 0.5) is 4.39 Å². The molecule has 1 aromatic carbocycles. The average molecular weight is 225 g/mol. The van der Waals surface area contributed by atoms with Crippen LogP contribution in [0.5, 0.6) is 0 Å². The van der Waals surface area contributed by atoms with Crippen LogP contribution >= 0.6 is 0 Å². The predicted molar refractivity (Wildman–Crippen MR) is 63.7 cm³/mol. The summed E-state index contributed by atoms with van der Waals surface area (Å²) in [6, 6.07) is 6.48. The SMILES string of the molecule is COCC(C)C(C)(N)Cc1ccc(F)cc1. The zero-order valence-electron chi connectivity index (χ0n) is 10.2. The van der Waals surface area contributed by atoms with Crippen molar-refractivity contribution in [3.05, 3.63) is 35.6 Å². The van der Waals surface area contributed by atoms with Gasteiger partial charge >= 0.3 is 0 Å². The number of methoxy groups -OCH3 is 1. The first-order chi connectivity index (χ1) is 7.45. The average Bonchev–Trinajstić information content (AvgIpc) is 2.21. The quantitative estimate of drug-likeness (QED) is 0.835. The second-order valence-corrected chi connectivity index (χ2v) is 4.67. The van der Waals surface area contributed by atoms with Crippen LogP contribution in [0, 0.1) is 11.7 Å². The van der Waals surface area contributed by atoms with Crippen molar-refractivity contribution in [2.24, 2.45) is 11.7 Å². The van der Waals surface area contributed by atoms with Crippen molar-refractivity contribution in [3.8, 4) is 0 Å². The standard InChI is InChI=1S/C13H20FNO/c1-10(9-16-3)13(2,15)8-11-4-6-12(14)7-5-11/h4-7,10H,8-9,15H2,1-3H3. The van der Waals surface area contributed by atoms with Crippen LogP contribution in [0.2, 0.25) is 0 Å². The van der Waals surface area contributed by atoms with Gasteiger partial charge in [0.15, 0.2) is 0 Å². The van der Waals surface area contributed by atoms with Crippen LogP contribution in [0.15, 0.2) is 24.3 Å². The molecule has 2 unspecified atom stereocenters. The maximum absolute atomic E-state index is 12.7. The Morgan fingerprint density at radius 3 is 2.44 bits per heavy atom. The Labute approximate surface area is 96.6 Å². The van der Waals surface area contributed by atoms with E-state index >= 15 is 0 Å². The Morgan fingerprint density at radius 1 is 1.38 bits per heavy atom. The van der Waals surface area contributed by atoms with E-state index in [9.17, 15) is 4.39 Å². The fraction of sp³-hybridized carbons (Fsp3) is 0.538. The van der Waals surface area contributed by atoms with Gasteiger partial charge in [-0.15, -0.1) is 0 Å². The Hall–Kier alpha value is -0.930. The van der Waals surface area contributed by atoms with Crippen molar-refractivity contribution >= 4 is 0 Å². The van der Waals surface area contributed by atoms with Gasteiger partial charge in [0.25, 0.3) is 0 Å². The molecular formula is C13H20FNO. The number of halogens is 1. The van der Waals surface area contributed by atoms with E-state index in [4.69, 9.17) is 10.5 Å². The summed E-state index contributed by atoms with van der Waals surface area (Å²) in [4.78, 5) is 0. The molecule has 2 atom stereocenters. The number of ether oxygens (including phenoxy) is 1. The van der Waals surface area contributed by atoms with Crippen LogP contribution in [-0.2, 0) is 11.2 Å². The number of hydrogen-bond acceptors (Lipinski definition) is 2. The Balaban J connectivity index is 2.68. The molecule has 1 aromatic rings. The molecule has 90 valence electrons. The first-order valence-corrected chi connectivity index (χ1v) is 5.48. The first kappa shape index (κ1) is 13.1. The lowest BCUT2D eigenvalue weighted by Crippen LogP contribution is -2.46. The molecule has 2 nitrogen and oxygen atoms in total. The smallest absolute Gasteiger partial charge is 0.123 e. The van der Waals surface area contributed by atoms with Crippen molar-refractivity contribution in [1.29, 1.82) is 0 Å². The largest absolute Gasteiger partial charge is 0.384 e. The monoisotopic (exact) mass is 225 g/mol. The Morgan fingerprint density at radius 2 is 1.94 bits per heavy atom. The van der Waals surface area contributed by atoms with Gasteiger partial charge in [0.05, 0.1) is 6.61 Å². The molecule has 0 amide bonds. The van der Waals surface area contributed by atoms with E-state index < -0.39 is 0 Å². The molecule has 0 aromatic heterocycles. The lowest BCUT2D eigenvalue weighted by atomic mass is 9.83. The second-order valence-electron chi connectivity index (χ2n) is 4.67. The zero-order valence-corrected chi connectivity index (χ0v) is 10.2. The highest BCUT2D eigenvalue weighted by atomic mass is 19.1. The highest BCUT2D eigenvalue weighted by Gasteiger charge is 2.26. The molecule has 0 heterocycles. The van der Waals surface area contributed by atoms with Crippen molar-refractivity contribution in [2.45, 2.75) is 25.8 Å². The minimum atomic E-state index is -0.339. The minimum Gasteiger partial charge on any atom is -0.384 e. The summed E-state index contributed by atoms with van der Waals surface area (Å²) in [6.45, 7) is 4.70. The van der Waals surface area contributed by atoms with Gasteiger partial charge in [-0.05, 0) is 37.0 Å². The van der Waals surface area contributed by atoms with Gasteiger partial charge in [-0.25, -0.2) is 4.39 Å². The first-order valence-electron chi connectivity index (χ1n) is 5.48. The minimum absolute atomic E-state index is 0.215. The Bertz CT molecular complexity index is 321. The van der Waals surface area contributed by atoms with Gasteiger partial charge in [0.1, 0.15) is 5.82 Å². The van der Waals surface area contributed by atoms with E-state index in [0.29, 0.717) is 6.61 Å². The number of nitrogens with two attached hydrogens (primary N) is 1. The second kappa shape index (κ2) is 5.41. The molecule has 2 N–H and O–H groups in total. The molecule has 0 bridgehead atoms. The summed E-state index contributed by atoms with van der Waals surface area (Å²) in [5.74, 6) is 0.0370. The summed E-state index contributed by atoms with van der Waals surface area (Å²) in [7, 11) is 1.67. The summed E-state index contributed by atoms with van der Waals surface area (Å²) in [6.07, 6.45) is 0.720. The van der Waals surface area contributed by atoms with Crippen molar-refractivity contribution in [2.75, 3.05) is 13.7 Å². The molecule has 16 heavy (non-hydrogen) atoms. The topological polar surface area (TPSA) is 35.2 Å². The highest BCUT2D eigenvalue weighted by molar-refractivity contribution is 5.18. The van der Waals surface area contributed by atoms with Gasteiger partial charge in [-0.3, -0.25) is 0 Å². The maximum Gasteiger partial charge on any atom is 0.123 e. The van der Waals surface area contributed by atoms with Crippen LogP contribution in [0.1, 0.15) is 19.4 Å². The molecule has 3 heteroatoms. The summed E-state index contributed by atoms with van der Waals surface area (Å²) in [5.41, 5.74) is 6.95.